The van der Waals surface area contributed by atoms with E-state index in [4.69, 9.17) is 5.73 Å². The molecule has 1 aromatic heterocycles. The Morgan fingerprint density at radius 1 is 1.40 bits per heavy atom. The van der Waals surface area contributed by atoms with Crippen LogP contribution in [0.2, 0.25) is 0 Å². The van der Waals surface area contributed by atoms with E-state index in [1.54, 1.807) is 12.3 Å². The summed E-state index contributed by atoms with van der Waals surface area (Å²) in [6, 6.07) is 5.48. The Bertz CT molecular complexity index is 563. The van der Waals surface area contributed by atoms with Crippen LogP contribution in [-0.2, 0) is 6.54 Å². The second kappa shape index (κ2) is 6.75. The van der Waals surface area contributed by atoms with E-state index < -0.39 is 0 Å². The van der Waals surface area contributed by atoms with Gasteiger partial charge in [0.25, 0.3) is 0 Å². The molecule has 0 amide bonds. The highest BCUT2D eigenvalue weighted by Crippen LogP contribution is 2.18. The van der Waals surface area contributed by atoms with Crippen molar-refractivity contribution in [3.63, 3.8) is 0 Å². The number of nitrogens with one attached hydrogen (secondary N) is 1. The molecule has 3 N–H and O–H groups in total. The summed E-state index contributed by atoms with van der Waals surface area (Å²) in [5.41, 5.74) is 7.81. The SMILES string of the molecule is CC(=O)c1cc(NCCCCn2ccnc2)ccc1N. The molecular formula is C15H20N4O. The number of aryl methyl sites for hydroxylation is 1. The van der Waals surface area contributed by atoms with Gasteiger partial charge in [-0.05, 0) is 38.0 Å². The second-order valence-corrected chi connectivity index (χ2v) is 4.79. The minimum absolute atomic E-state index is 0.00809. The number of hydrogen-bond acceptors (Lipinski definition) is 4. The number of nitrogens with two attached hydrogens (primary N) is 1. The van der Waals surface area contributed by atoms with Gasteiger partial charge in [-0.2, -0.15) is 0 Å². The number of nitrogen functional groups attached to an aromatic ring is 1. The number of rotatable bonds is 7. The molecule has 0 aliphatic heterocycles. The zero-order valence-electron chi connectivity index (χ0n) is 11.7. The Morgan fingerprint density at radius 2 is 2.25 bits per heavy atom. The van der Waals surface area contributed by atoms with Crippen molar-refractivity contribution in [1.29, 1.82) is 0 Å². The molecule has 0 unspecified atom stereocenters. The maximum Gasteiger partial charge on any atom is 0.161 e. The Morgan fingerprint density at radius 3 is 2.95 bits per heavy atom. The molecular weight excluding hydrogens is 252 g/mol. The van der Waals surface area contributed by atoms with Gasteiger partial charge >= 0.3 is 0 Å². The van der Waals surface area contributed by atoms with Crippen LogP contribution in [0.3, 0.4) is 0 Å². The monoisotopic (exact) mass is 272 g/mol. The topological polar surface area (TPSA) is 72.9 Å². The van der Waals surface area contributed by atoms with Crippen molar-refractivity contribution >= 4 is 17.2 Å². The predicted octanol–water partition coefficient (Wildman–Crippen LogP) is 2.56. The molecule has 0 saturated carbocycles. The van der Waals surface area contributed by atoms with E-state index in [0.717, 1.165) is 31.6 Å². The van der Waals surface area contributed by atoms with Gasteiger partial charge in [0, 0.05) is 42.4 Å². The summed E-state index contributed by atoms with van der Waals surface area (Å²) in [5.74, 6) is -0.00809. The highest BCUT2D eigenvalue weighted by Gasteiger charge is 2.05. The van der Waals surface area contributed by atoms with E-state index in [-0.39, 0.29) is 5.78 Å². The second-order valence-electron chi connectivity index (χ2n) is 4.79. The fourth-order valence-electron chi connectivity index (χ4n) is 2.04. The van der Waals surface area contributed by atoms with Crippen LogP contribution in [0.5, 0.6) is 0 Å². The maximum atomic E-state index is 11.4. The van der Waals surface area contributed by atoms with E-state index >= 15 is 0 Å². The molecule has 2 aromatic rings. The minimum atomic E-state index is -0.00809. The molecule has 5 nitrogen and oxygen atoms in total. The normalized spacial score (nSPS) is 10.4. The number of aromatic nitrogens is 2. The highest BCUT2D eigenvalue weighted by molar-refractivity contribution is 5.99. The van der Waals surface area contributed by atoms with E-state index in [9.17, 15) is 4.79 Å². The molecule has 1 heterocycles. The van der Waals surface area contributed by atoms with Gasteiger partial charge in [-0.15, -0.1) is 0 Å². The van der Waals surface area contributed by atoms with Gasteiger partial charge in [0.05, 0.1) is 6.33 Å². The lowest BCUT2D eigenvalue weighted by Gasteiger charge is -2.09. The lowest BCUT2D eigenvalue weighted by atomic mass is 10.1. The molecule has 20 heavy (non-hydrogen) atoms. The average Bonchev–Trinajstić information content (AvgIpc) is 2.93. The van der Waals surface area contributed by atoms with Crippen LogP contribution >= 0.6 is 0 Å². The number of benzene rings is 1. The zero-order valence-corrected chi connectivity index (χ0v) is 11.7. The number of carbonyl (C=O) groups is 1. The van der Waals surface area contributed by atoms with Gasteiger partial charge in [0.1, 0.15) is 0 Å². The van der Waals surface area contributed by atoms with Gasteiger partial charge in [-0.25, -0.2) is 4.98 Å². The number of carbonyl (C=O) groups excluding carboxylic acids is 1. The number of imidazole rings is 1. The molecule has 0 spiro atoms. The first-order valence-electron chi connectivity index (χ1n) is 6.77. The van der Waals surface area contributed by atoms with Crippen molar-refractivity contribution in [3.05, 3.63) is 42.5 Å². The van der Waals surface area contributed by atoms with E-state index in [1.165, 1.54) is 6.92 Å². The Labute approximate surface area is 118 Å². The van der Waals surface area contributed by atoms with Crippen molar-refractivity contribution in [2.24, 2.45) is 0 Å². The van der Waals surface area contributed by atoms with Crippen LogP contribution in [0.15, 0.2) is 36.9 Å². The molecule has 0 aliphatic carbocycles. The fourth-order valence-corrected chi connectivity index (χ4v) is 2.04. The summed E-state index contributed by atoms with van der Waals surface area (Å²) in [6.07, 6.45) is 7.71. The Balaban J connectivity index is 1.76. The third-order valence-corrected chi connectivity index (χ3v) is 3.16. The maximum absolute atomic E-state index is 11.4. The molecule has 0 aliphatic rings. The molecule has 0 saturated heterocycles. The third-order valence-electron chi connectivity index (χ3n) is 3.16. The van der Waals surface area contributed by atoms with Gasteiger partial charge in [-0.3, -0.25) is 4.79 Å². The van der Waals surface area contributed by atoms with Crippen molar-refractivity contribution in [2.45, 2.75) is 26.3 Å². The predicted molar refractivity (Wildman–Crippen MR) is 80.8 cm³/mol. The number of hydrogen-bond donors (Lipinski definition) is 2. The van der Waals surface area contributed by atoms with Crippen molar-refractivity contribution in [3.8, 4) is 0 Å². The first-order valence-corrected chi connectivity index (χ1v) is 6.77. The molecule has 1 aromatic carbocycles. The van der Waals surface area contributed by atoms with E-state index in [0.29, 0.717) is 11.3 Å². The molecule has 106 valence electrons. The lowest BCUT2D eigenvalue weighted by Crippen LogP contribution is -2.06. The Hall–Kier alpha value is -2.30. The summed E-state index contributed by atoms with van der Waals surface area (Å²) in [5, 5.41) is 3.31. The average molecular weight is 272 g/mol. The summed E-state index contributed by atoms with van der Waals surface area (Å²) in [6.45, 7) is 3.37. The van der Waals surface area contributed by atoms with Gasteiger partial charge in [0.2, 0.25) is 0 Å². The number of nitrogens with zero attached hydrogens (tertiary/aromatic N) is 2. The summed E-state index contributed by atoms with van der Waals surface area (Å²) in [7, 11) is 0. The lowest BCUT2D eigenvalue weighted by molar-refractivity contribution is 0.101. The highest BCUT2D eigenvalue weighted by atomic mass is 16.1. The van der Waals surface area contributed by atoms with E-state index in [1.807, 2.05) is 24.7 Å². The van der Waals surface area contributed by atoms with Crippen molar-refractivity contribution in [2.75, 3.05) is 17.6 Å². The first-order chi connectivity index (χ1) is 9.66. The zero-order chi connectivity index (χ0) is 14.4. The van der Waals surface area contributed by atoms with Crippen LogP contribution in [0.4, 0.5) is 11.4 Å². The van der Waals surface area contributed by atoms with E-state index in [2.05, 4.69) is 14.9 Å². The molecule has 0 radical (unpaired) electrons. The van der Waals surface area contributed by atoms with Crippen LogP contribution in [0.25, 0.3) is 0 Å². The Kier molecular flexibility index (Phi) is 4.76. The molecule has 2 rings (SSSR count). The summed E-state index contributed by atoms with van der Waals surface area (Å²) in [4.78, 5) is 15.4. The van der Waals surface area contributed by atoms with Gasteiger partial charge < -0.3 is 15.6 Å². The standard InChI is InChI=1S/C15H20N4O/c1-12(20)14-10-13(4-5-15(14)16)18-6-2-3-8-19-9-7-17-11-19/h4-5,7,9-11,18H,2-3,6,8,16H2,1H3. The largest absolute Gasteiger partial charge is 0.398 e. The number of Topliss-reactive ketones (excluding diaryl/α,β-unsaturated/α-hetero) is 1. The molecule has 0 atom stereocenters. The molecule has 0 fully saturated rings. The third kappa shape index (κ3) is 3.85. The quantitative estimate of drug-likeness (QED) is 0.461. The number of unbranched alkanes of at least 4 members (excludes halogenated alkanes) is 1. The number of ketones is 1. The van der Waals surface area contributed by atoms with Crippen LogP contribution in [0, 0.1) is 0 Å². The van der Waals surface area contributed by atoms with Crippen molar-refractivity contribution < 1.29 is 4.79 Å². The fraction of sp³-hybridized carbons (Fsp3) is 0.333. The molecule has 5 heteroatoms. The van der Waals surface area contributed by atoms with Crippen LogP contribution in [0.1, 0.15) is 30.1 Å². The minimum Gasteiger partial charge on any atom is -0.398 e. The summed E-state index contributed by atoms with van der Waals surface area (Å²) < 4.78 is 2.07. The van der Waals surface area contributed by atoms with Gasteiger partial charge in [0.15, 0.2) is 5.78 Å². The van der Waals surface area contributed by atoms with Crippen LogP contribution in [-0.4, -0.2) is 21.9 Å². The number of anilines is 2. The summed E-state index contributed by atoms with van der Waals surface area (Å²) >= 11 is 0. The van der Waals surface area contributed by atoms with Crippen molar-refractivity contribution in [1.82, 2.24) is 9.55 Å². The first kappa shape index (κ1) is 14.1. The molecule has 0 bridgehead atoms. The van der Waals surface area contributed by atoms with Gasteiger partial charge in [-0.1, -0.05) is 0 Å². The van der Waals surface area contributed by atoms with Crippen LogP contribution < -0.4 is 11.1 Å². The smallest absolute Gasteiger partial charge is 0.161 e.